The molecular formula is C18H33Cl4N3O8P2. The minimum absolute atomic E-state index is 0. The first-order valence-corrected chi connectivity index (χ1v) is 14.4. The van der Waals surface area contributed by atoms with Gasteiger partial charge in [0, 0.05) is 37.1 Å². The van der Waals surface area contributed by atoms with Crippen molar-refractivity contribution in [1.82, 2.24) is 5.32 Å². The highest BCUT2D eigenvalue weighted by Crippen LogP contribution is 2.69. The van der Waals surface area contributed by atoms with Crippen molar-refractivity contribution in [3.05, 3.63) is 29.8 Å². The topological polar surface area (TPSA) is 194 Å². The number of amides is 1. The average molecular weight is 623 g/mol. The molecular weight excluding hydrogens is 590 g/mol. The molecule has 11 nitrogen and oxygen atoms in total. The predicted octanol–water partition coefficient (Wildman–Crippen LogP) is 1.97. The third-order valence-electron chi connectivity index (χ3n) is 4.95. The second kappa shape index (κ2) is 16.7. The van der Waals surface area contributed by atoms with Crippen molar-refractivity contribution in [2.75, 3.05) is 36.3 Å². The molecule has 0 fully saturated rings. The lowest BCUT2D eigenvalue weighted by Crippen LogP contribution is -2.42. The number of nitrogens with two attached hydrogens (primary N) is 1. The van der Waals surface area contributed by atoms with E-state index in [0.29, 0.717) is 24.8 Å². The van der Waals surface area contributed by atoms with Gasteiger partial charge in [0.15, 0.2) is 0 Å². The summed E-state index contributed by atoms with van der Waals surface area (Å²) < 4.78 is 22.6. The first kappa shape index (κ1) is 37.0. The number of hydrogen-bond acceptors (Lipinski definition) is 6. The molecule has 17 heteroatoms. The zero-order valence-corrected chi connectivity index (χ0v) is 23.6. The number of nitrogens with zero attached hydrogens (tertiary/aromatic N) is 1. The van der Waals surface area contributed by atoms with Crippen LogP contribution in [0.15, 0.2) is 24.3 Å². The molecule has 0 saturated carbocycles. The molecule has 1 atom stereocenters. The maximum atomic E-state index is 12.3. The molecule has 1 aromatic rings. The van der Waals surface area contributed by atoms with Crippen LogP contribution in [0.5, 0.6) is 0 Å². The van der Waals surface area contributed by atoms with Gasteiger partial charge >= 0.3 is 15.2 Å². The molecule has 1 amide bonds. The van der Waals surface area contributed by atoms with Gasteiger partial charge in [-0.2, -0.15) is 0 Å². The molecule has 1 rings (SSSR count). The van der Waals surface area contributed by atoms with E-state index in [4.69, 9.17) is 48.5 Å². The number of alkyl halides is 2. The number of hydrogen-bond donors (Lipinski definition) is 7. The van der Waals surface area contributed by atoms with E-state index in [0.717, 1.165) is 11.3 Å². The van der Waals surface area contributed by atoms with Crippen molar-refractivity contribution < 1.29 is 38.6 Å². The highest BCUT2D eigenvalue weighted by molar-refractivity contribution is 7.72. The number of halogens is 4. The van der Waals surface area contributed by atoms with Crippen molar-refractivity contribution in [3.8, 4) is 0 Å². The lowest BCUT2D eigenvalue weighted by Gasteiger charge is -2.29. The summed E-state index contributed by atoms with van der Waals surface area (Å²) in [6.45, 7) is 1.27. The quantitative estimate of drug-likeness (QED) is 0.0863. The van der Waals surface area contributed by atoms with Crippen LogP contribution in [0.1, 0.15) is 24.8 Å². The summed E-state index contributed by atoms with van der Waals surface area (Å²) in [6, 6.07) is 6.62. The lowest BCUT2D eigenvalue weighted by atomic mass is 10.0. The van der Waals surface area contributed by atoms with Gasteiger partial charge in [-0.1, -0.05) is 12.1 Å². The Labute approximate surface area is 226 Å². The molecule has 0 aliphatic rings. The van der Waals surface area contributed by atoms with Crippen molar-refractivity contribution >= 4 is 74.8 Å². The van der Waals surface area contributed by atoms with E-state index in [1.807, 2.05) is 29.2 Å². The van der Waals surface area contributed by atoms with E-state index in [9.17, 15) is 19.0 Å². The van der Waals surface area contributed by atoms with Crippen molar-refractivity contribution in [2.45, 2.75) is 36.8 Å². The Morgan fingerprint density at radius 2 is 1.60 bits per heavy atom. The molecule has 0 aliphatic carbocycles. The standard InChI is InChI=1S/C18H31Cl2N3O8P2.2ClH/c19-7-10-23(11-8-20)15-5-3-4-14(12-15)13-16(21)17(24)22-9-2-1-6-18(25,32(26,27)28)33(29,30)31;;/h3-5,12,16,25H,1-2,6-11,13,21H2,(H,22,24)(H2,26,27,28)(H2,29,30,31);2*1H/t16-;;/m0../s1. The zero-order chi connectivity index (χ0) is 25.3. The van der Waals surface area contributed by atoms with E-state index in [2.05, 4.69) is 5.32 Å². The molecule has 0 aliphatic heterocycles. The van der Waals surface area contributed by atoms with Crippen molar-refractivity contribution in [3.63, 3.8) is 0 Å². The smallest absolute Gasteiger partial charge is 0.369 e. The van der Waals surface area contributed by atoms with E-state index in [-0.39, 0.29) is 50.6 Å². The van der Waals surface area contributed by atoms with Gasteiger partial charge in [0.1, 0.15) is 0 Å². The van der Waals surface area contributed by atoms with Crippen LogP contribution in [0.25, 0.3) is 0 Å². The van der Waals surface area contributed by atoms with Crippen molar-refractivity contribution in [1.29, 1.82) is 0 Å². The van der Waals surface area contributed by atoms with E-state index in [1.54, 1.807) is 0 Å². The maximum Gasteiger partial charge on any atom is 0.369 e. The van der Waals surface area contributed by atoms with Gasteiger partial charge in [0.2, 0.25) is 5.91 Å². The molecule has 35 heavy (non-hydrogen) atoms. The summed E-state index contributed by atoms with van der Waals surface area (Å²) >= 11 is 11.7. The second-order valence-electron chi connectivity index (χ2n) is 7.46. The minimum atomic E-state index is -5.49. The van der Waals surface area contributed by atoms with E-state index < -0.39 is 38.6 Å². The van der Waals surface area contributed by atoms with Gasteiger partial charge in [0.25, 0.3) is 5.08 Å². The van der Waals surface area contributed by atoms with Gasteiger partial charge in [-0.3, -0.25) is 13.9 Å². The molecule has 206 valence electrons. The first-order valence-electron chi connectivity index (χ1n) is 10.1. The third kappa shape index (κ3) is 11.4. The largest absolute Gasteiger partial charge is 0.369 e. The Morgan fingerprint density at radius 3 is 2.09 bits per heavy atom. The Morgan fingerprint density at radius 1 is 1.06 bits per heavy atom. The summed E-state index contributed by atoms with van der Waals surface area (Å²) in [6.07, 6.45) is -0.619. The maximum absolute atomic E-state index is 12.3. The van der Waals surface area contributed by atoms with Gasteiger partial charge in [-0.05, 0) is 43.4 Å². The van der Waals surface area contributed by atoms with Crippen LogP contribution < -0.4 is 16.0 Å². The normalized spacial score (nSPS) is 12.8. The van der Waals surface area contributed by atoms with Gasteiger partial charge in [-0.25, -0.2) is 0 Å². The Kier molecular flexibility index (Phi) is 17.6. The average Bonchev–Trinajstić information content (AvgIpc) is 2.71. The summed E-state index contributed by atoms with van der Waals surface area (Å²) in [4.78, 5) is 50.7. The highest BCUT2D eigenvalue weighted by atomic mass is 35.5. The molecule has 0 bridgehead atoms. The molecule has 0 unspecified atom stereocenters. The zero-order valence-electron chi connectivity index (χ0n) is 18.7. The Balaban J connectivity index is 0. The van der Waals surface area contributed by atoms with Gasteiger partial charge < -0.3 is 40.6 Å². The first-order chi connectivity index (χ1) is 15.3. The number of benzene rings is 1. The third-order valence-corrected chi connectivity index (χ3v) is 9.16. The van der Waals surface area contributed by atoms with Crippen LogP contribution in [-0.2, 0) is 20.3 Å². The van der Waals surface area contributed by atoms with Crippen LogP contribution in [0.3, 0.4) is 0 Å². The Bertz CT molecular complexity index is 846. The summed E-state index contributed by atoms with van der Waals surface area (Å²) in [5.74, 6) is 0.407. The predicted molar refractivity (Wildman–Crippen MR) is 142 cm³/mol. The fraction of sp³-hybridized carbons (Fsp3) is 0.611. The summed E-state index contributed by atoms with van der Waals surface area (Å²) in [7, 11) is -11.0. The van der Waals surface area contributed by atoms with Crippen LogP contribution in [0.4, 0.5) is 5.69 Å². The molecule has 0 spiro atoms. The highest BCUT2D eigenvalue weighted by Gasteiger charge is 2.58. The Hall–Kier alpha value is -0.130. The van der Waals surface area contributed by atoms with Gasteiger partial charge in [0.05, 0.1) is 6.04 Å². The van der Waals surface area contributed by atoms with Crippen LogP contribution in [-0.4, -0.2) is 73.1 Å². The molecule has 1 aromatic carbocycles. The van der Waals surface area contributed by atoms with Crippen LogP contribution >= 0.6 is 63.2 Å². The minimum Gasteiger partial charge on any atom is -0.369 e. The number of carbonyl (C=O) groups excluding carboxylic acids is 1. The van der Waals surface area contributed by atoms with E-state index in [1.165, 1.54) is 0 Å². The number of carbonyl (C=O) groups is 1. The number of nitrogens with one attached hydrogen (secondary N) is 1. The molecule has 0 aromatic heterocycles. The number of anilines is 1. The number of aliphatic hydroxyl groups is 1. The molecule has 8 N–H and O–H groups in total. The van der Waals surface area contributed by atoms with Crippen LogP contribution in [0.2, 0.25) is 0 Å². The van der Waals surface area contributed by atoms with Gasteiger partial charge in [-0.15, -0.1) is 48.0 Å². The molecule has 0 saturated heterocycles. The van der Waals surface area contributed by atoms with Crippen LogP contribution in [0, 0.1) is 0 Å². The fourth-order valence-corrected chi connectivity index (χ4v) is 5.76. The summed E-state index contributed by atoms with van der Waals surface area (Å²) in [5.41, 5.74) is 7.71. The number of unbranched alkanes of at least 4 members (excludes halogenated alkanes) is 1. The van der Waals surface area contributed by atoms with E-state index >= 15 is 0 Å². The van der Waals surface area contributed by atoms with Crippen molar-refractivity contribution in [2.24, 2.45) is 5.73 Å². The molecule has 0 heterocycles. The molecule has 0 radical (unpaired) electrons. The fourth-order valence-electron chi connectivity index (χ4n) is 3.09. The SMILES string of the molecule is Cl.Cl.N[C@@H](Cc1cccc(N(CCCl)CCCl)c1)C(=O)NCCCCC(O)(P(=O)(O)O)P(=O)(O)O. The summed E-state index contributed by atoms with van der Waals surface area (Å²) in [5, 5.41) is 8.94. The number of rotatable bonds is 15. The lowest BCUT2D eigenvalue weighted by molar-refractivity contribution is -0.122. The monoisotopic (exact) mass is 621 g/mol. The second-order valence-corrected chi connectivity index (χ2v) is 12.2.